The number of para-hydroxylation sites is 3. The Morgan fingerprint density at radius 2 is 1.25 bits per heavy atom. The molecule has 4 aromatic carbocycles. The number of fused-ring (bicyclic) bond motifs is 3. The molecule has 0 aliphatic rings. The molecule has 0 radical (unpaired) electrons. The fraction of sp³-hybridized carbons (Fsp3) is 0.0323. The highest BCUT2D eigenvalue weighted by atomic mass is 32.1. The SMILES string of the molecule is C(=C(c1nc2ccccc2s1)c1nc2ccccc2s1)c1cn(Cc2ccccc2)c2ccccc12. The molecule has 5 heteroatoms. The second kappa shape index (κ2) is 8.86. The van der Waals surface area contributed by atoms with Crippen LogP contribution < -0.4 is 0 Å². The van der Waals surface area contributed by atoms with Gasteiger partial charge in [-0.05, 0) is 42.0 Å². The van der Waals surface area contributed by atoms with Crippen LogP contribution in [0.4, 0.5) is 0 Å². The van der Waals surface area contributed by atoms with Crippen molar-refractivity contribution in [3.05, 3.63) is 130 Å². The van der Waals surface area contributed by atoms with E-state index in [-0.39, 0.29) is 0 Å². The third kappa shape index (κ3) is 3.83. The Labute approximate surface area is 216 Å². The highest BCUT2D eigenvalue weighted by Crippen LogP contribution is 2.37. The van der Waals surface area contributed by atoms with Crippen LogP contribution in [0.5, 0.6) is 0 Å². The van der Waals surface area contributed by atoms with Crippen molar-refractivity contribution < 1.29 is 0 Å². The maximum Gasteiger partial charge on any atom is 0.127 e. The summed E-state index contributed by atoms with van der Waals surface area (Å²) in [6.07, 6.45) is 4.54. The fourth-order valence-corrected chi connectivity index (χ4v) is 6.68. The number of hydrogen-bond acceptors (Lipinski definition) is 4. The van der Waals surface area contributed by atoms with E-state index >= 15 is 0 Å². The highest BCUT2D eigenvalue weighted by Gasteiger charge is 2.17. The zero-order chi connectivity index (χ0) is 23.9. The molecule has 0 aliphatic heterocycles. The summed E-state index contributed by atoms with van der Waals surface area (Å²) >= 11 is 3.45. The van der Waals surface area contributed by atoms with E-state index in [4.69, 9.17) is 9.97 Å². The van der Waals surface area contributed by atoms with Crippen molar-refractivity contribution in [2.45, 2.75) is 6.54 Å². The molecule has 0 saturated carbocycles. The second-order valence-electron chi connectivity index (χ2n) is 8.75. The van der Waals surface area contributed by atoms with Crippen LogP contribution in [0.25, 0.3) is 43.0 Å². The standard InChI is InChI=1S/C31H21N3S2/c1-2-10-21(11-3-1)19-34-20-22(23-12-4-7-15-27(23)34)18-24(30-32-25-13-5-8-16-28(25)35-30)31-33-26-14-6-9-17-29(26)36-31/h1-18,20H,19H2. The molecular weight excluding hydrogens is 478 g/mol. The third-order valence-corrected chi connectivity index (χ3v) is 8.50. The topological polar surface area (TPSA) is 30.7 Å². The average Bonchev–Trinajstić information content (AvgIpc) is 3.63. The molecule has 0 aliphatic carbocycles. The summed E-state index contributed by atoms with van der Waals surface area (Å²) in [6, 6.07) is 35.9. The zero-order valence-corrected chi connectivity index (χ0v) is 21.0. The number of aromatic nitrogens is 3. The number of nitrogens with zero attached hydrogens (tertiary/aromatic N) is 3. The van der Waals surface area contributed by atoms with Crippen molar-refractivity contribution in [3.63, 3.8) is 0 Å². The maximum atomic E-state index is 5.02. The summed E-state index contributed by atoms with van der Waals surface area (Å²) in [4.78, 5) is 10.0. The van der Waals surface area contributed by atoms with Gasteiger partial charge in [0.05, 0.1) is 20.4 Å². The van der Waals surface area contributed by atoms with E-state index in [9.17, 15) is 0 Å². The summed E-state index contributed by atoms with van der Waals surface area (Å²) in [5, 5.41) is 3.22. The molecule has 172 valence electrons. The Hall–Kier alpha value is -4.06. The summed E-state index contributed by atoms with van der Waals surface area (Å²) in [7, 11) is 0. The maximum absolute atomic E-state index is 5.02. The van der Waals surface area contributed by atoms with E-state index in [1.165, 1.54) is 31.4 Å². The first-order chi connectivity index (χ1) is 17.8. The van der Waals surface area contributed by atoms with Gasteiger partial charge in [0.15, 0.2) is 0 Å². The largest absolute Gasteiger partial charge is 0.342 e. The van der Waals surface area contributed by atoms with Gasteiger partial charge in [-0.1, -0.05) is 72.8 Å². The lowest BCUT2D eigenvalue weighted by Gasteiger charge is -2.05. The molecular formula is C31H21N3S2. The predicted molar refractivity (Wildman–Crippen MR) is 154 cm³/mol. The summed E-state index contributed by atoms with van der Waals surface area (Å²) in [5.74, 6) is 0. The van der Waals surface area contributed by atoms with Gasteiger partial charge in [0.2, 0.25) is 0 Å². The fourth-order valence-electron chi connectivity index (χ4n) is 4.65. The Morgan fingerprint density at radius 3 is 1.92 bits per heavy atom. The van der Waals surface area contributed by atoms with E-state index in [0.29, 0.717) is 0 Å². The van der Waals surface area contributed by atoms with Crippen LogP contribution in [-0.2, 0) is 6.54 Å². The molecule has 0 N–H and O–H groups in total. The Bertz CT molecular complexity index is 1730. The minimum Gasteiger partial charge on any atom is -0.342 e. The third-order valence-electron chi connectivity index (χ3n) is 6.36. The predicted octanol–water partition coefficient (Wildman–Crippen LogP) is 8.50. The molecule has 3 aromatic heterocycles. The van der Waals surface area contributed by atoms with Crippen molar-refractivity contribution in [2.75, 3.05) is 0 Å². The van der Waals surface area contributed by atoms with Gasteiger partial charge in [-0.2, -0.15) is 0 Å². The Balaban J connectivity index is 1.43. The van der Waals surface area contributed by atoms with Crippen molar-refractivity contribution >= 4 is 65.7 Å². The molecule has 0 saturated heterocycles. The minimum absolute atomic E-state index is 0.826. The van der Waals surface area contributed by atoms with Crippen molar-refractivity contribution in [1.82, 2.24) is 14.5 Å². The number of rotatable bonds is 5. The zero-order valence-electron chi connectivity index (χ0n) is 19.3. The van der Waals surface area contributed by atoms with Gasteiger partial charge in [-0.15, -0.1) is 22.7 Å². The molecule has 0 bridgehead atoms. The van der Waals surface area contributed by atoms with Crippen LogP contribution in [-0.4, -0.2) is 14.5 Å². The quantitative estimate of drug-likeness (QED) is 0.238. The average molecular weight is 500 g/mol. The van der Waals surface area contributed by atoms with E-state index in [0.717, 1.165) is 33.2 Å². The molecule has 0 fully saturated rings. The first-order valence-electron chi connectivity index (χ1n) is 11.9. The molecule has 3 heterocycles. The number of hydrogen-bond donors (Lipinski definition) is 0. The van der Waals surface area contributed by atoms with Gasteiger partial charge < -0.3 is 4.57 Å². The molecule has 3 nitrogen and oxygen atoms in total. The van der Waals surface area contributed by atoms with Crippen molar-refractivity contribution in [1.29, 1.82) is 0 Å². The van der Waals surface area contributed by atoms with Gasteiger partial charge in [0.25, 0.3) is 0 Å². The van der Waals surface area contributed by atoms with Crippen LogP contribution >= 0.6 is 22.7 Å². The van der Waals surface area contributed by atoms with E-state index in [2.05, 4.69) is 108 Å². The minimum atomic E-state index is 0.826. The molecule has 0 unspecified atom stereocenters. The molecule has 7 rings (SSSR count). The number of benzene rings is 4. The smallest absolute Gasteiger partial charge is 0.127 e. The highest BCUT2D eigenvalue weighted by molar-refractivity contribution is 7.22. The first kappa shape index (κ1) is 21.2. The lowest BCUT2D eigenvalue weighted by atomic mass is 10.1. The van der Waals surface area contributed by atoms with Crippen molar-refractivity contribution in [3.8, 4) is 0 Å². The molecule has 0 spiro atoms. The van der Waals surface area contributed by atoms with E-state index in [1.807, 2.05) is 12.1 Å². The van der Waals surface area contributed by atoms with Gasteiger partial charge in [-0.25, -0.2) is 9.97 Å². The summed E-state index contributed by atoms with van der Waals surface area (Å²) < 4.78 is 4.71. The Kier molecular flexibility index (Phi) is 5.23. The van der Waals surface area contributed by atoms with Crippen molar-refractivity contribution in [2.24, 2.45) is 0 Å². The molecule has 36 heavy (non-hydrogen) atoms. The van der Waals surface area contributed by atoms with Gasteiger partial charge >= 0.3 is 0 Å². The summed E-state index contributed by atoms with van der Waals surface area (Å²) in [6.45, 7) is 0.826. The summed E-state index contributed by atoms with van der Waals surface area (Å²) in [5.41, 5.74) is 6.80. The van der Waals surface area contributed by atoms with Gasteiger partial charge in [-0.3, -0.25) is 0 Å². The lowest BCUT2D eigenvalue weighted by Crippen LogP contribution is -1.97. The molecule has 0 amide bonds. The van der Waals surface area contributed by atoms with Crippen LogP contribution in [0.3, 0.4) is 0 Å². The molecule has 0 atom stereocenters. The number of thiazole rings is 2. The van der Waals surface area contributed by atoms with E-state index in [1.54, 1.807) is 22.7 Å². The van der Waals surface area contributed by atoms with E-state index < -0.39 is 0 Å². The van der Waals surface area contributed by atoms with Crippen LogP contribution in [0.15, 0.2) is 109 Å². The van der Waals surface area contributed by atoms with Crippen LogP contribution in [0.2, 0.25) is 0 Å². The van der Waals surface area contributed by atoms with Gasteiger partial charge in [0.1, 0.15) is 10.0 Å². The molecule has 7 aromatic rings. The van der Waals surface area contributed by atoms with Crippen LogP contribution in [0, 0.1) is 0 Å². The van der Waals surface area contributed by atoms with Crippen LogP contribution in [0.1, 0.15) is 21.1 Å². The van der Waals surface area contributed by atoms with Gasteiger partial charge in [0, 0.05) is 34.8 Å². The second-order valence-corrected chi connectivity index (χ2v) is 10.8. The normalized spacial score (nSPS) is 11.4. The monoisotopic (exact) mass is 499 g/mol. The lowest BCUT2D eigenvalue weighted by molar-refractivity contribution is 0.836. The first-order valence-corrected chi connectivity index (χ1v) is 13.5. The Morgan fingerprint density at radius 1 is 0.667 bits per heavy atom.